The van der Waals surface area contributed by atoms with Crippen LogP contribution in [-0.4, -0.2) is 19.3 Å². The van der Waals surface area contributed by atoms with E-state index >= 15 is 0 Å². The first-order chi connectivity index (χ1) is 7.29. The molecule has 0 aromatic heterocycles. The van der Waals surface area contributed by atoms with Crippen molar-refractivity contribution >= 4 is 23.4 Å². The fourth-order valence-electron chi connectivity index (χ4n) is 2.06. The van der Waals surface area contributed by atoms with Crippen LogP contribution in [0.2, 0.25) is 5.02 Å². The van der Waals surface area contributed by atoms with Crippen molar-refractivity contribution in [2.75, 3.05) is 19.3 Å². The maximum Gasteiger partial charge on any atom is 0.0544 e. The molecule has 1 nitrogen and oxygen atoms in total. The summed E-state index contributed by atoms with van der Waals surface area (Å²) in [5.74, 6) is 0.793. The Labute approximate surface area is 101 Å². The molecule has 1 aliphatic heterocycles. The third-order valence-electron chi connectivity index (χ3n) is 2.90. The Morgan fingerprint density at radius 1 is 1.53 bits per heavy atom. The van der Waals surface area contributed by atoms with Gasteiger partial charge in [-0.25, -0.2) is 0 Å². The summed E-state index contributed by atoms with van der Waals surface area (Å²) in [5.41, 5.74) is 1.37. The lowest BCUT2D eigenvalue weighted by molar-refractivity contribution is 0.580. The van der Waals surface area contributed by atoms with Gasteiger partial charge in [0.2, 0.25) is 0 Å². The second-order valence-electron chi connectivity index (χ2n) is 4.03. The topological polar surface area (TPSA) is 12.0 Å². The predicted molar refractivity (Wildman–Crippen MR) is 67.9 cm³/mol. The average Bonchev–Trinajstić information content (AvgIpc) is 2.71. The Morgan fingerprint density at radius 2 is 2.40 bits per heavy atom. The highest BCUT2D eigenvalue weighted by atomic mass is 35.5. The third-order valence-corrected chi connectivity index (χ3v) is 4.12. The van der Waals surface area contributed by atoms with Crippen LogP contribution < -0.4 is 5.32 Å². The standard InChI is InChI=1S/C12H16ClNS/c1-15-12-3-2-9(7-11(12)13)6-10-4-5-14-8-10/h2-3,7,10,14H,4-6,8H2,1H3. The van der Waals surface area contributed by atoms with Gasteiger partial charge in [0, 0.05) is 4.90 Å². The van der Waals surface area contributed by atoms with Crippen molar-refractivity contribution in [2.24, 2.45) is 5.92 Å². The summed E-state index contributed by atoms with van der Waals surface area (Å²) in [5, 5.41) is 4.29. The van der Waals surface area contributed by atoms with Crippen molar-refractivity contribution in [3.05, 3.63) is 28.8 Å². The van der Waals surface area contributed by atoms with Gasteiger partial charge in [0.05, 0.1) is 5.02 Å². The van der Waals surface area contributed by atoms with Crippen LogP contribution in [0, 0.1) is 5.92 Å². The first-order valence-electron chi connectivity index (χ1n) is 5.32. The molecule has 1 N–H and O–H groups in total. The van der Waals surface area contributed by atoms with Gasteiger partial charge in [-0.2, -0.15) is 0 Å². The van der Waals surface area contributed by atoms with Gasteiger partial charge < -0.3 is 5.32 Å². The lowest BCUT2D eigenvalue weighted by Crippen LogP contribution is -2.10. The van der Waals surface area contributed by atoms with Crippen molar-refractivity contribution in [3.8, 4) is 0 Å². The highest BCUT2D eigenvalue weighted by Gasteiger charge is 2.15. The maximum atomic E-state index is 6.18. The van der Waals surface area contributed by atoms with Gasteiger partial charge in [0.1, 0.15) is 0 Å². The molecule has 0 radical (unpaired) electrons. The molecule has 1 aliphatic rings. The van der Waals surface area contributed by atoms with Crippen molar-refractivity contribution in [1.82, 2.24) is 5.32 Å². The highest BCUT2D eigenvalue weighted by Crippen LogP contribution is 2.27. The molecule has 0 amide bonds. The second kappa shape index (κ2) is 5.24. The maximum absolute atomic E-state index is 6.18. The Kier molecular flexibility index (Phi) is 3.95. The van der Waals surface area contributed by atoms with Gasteiger partial charge in [-0.05, 0) is 55.8 Å². The fourth-order valence-corrected chi connectivity index (χ4v) is 2.95. The predicted octanol–water partition coefficient (Wildman–Crippen LogP) is 3.21. The van der Waals surface area contributed by atoms with Crippen LogP contribution >= 0.6 is 23.4 Å². The Balaban J connectivity index is 2.05. The SMILES string of the molecule is CSc1ccc(CC2CCNC2)cc1Cl. The largest absolute Gasteiger partial charge is 0.316 e. The van der Waals surface area contributed by atoms with E-state index in [4.69, 9.17) is 11.6 Å². The van der Waals surface area contributed by atoms with Crippen LogP contribution in [0.4, 0.5) is 0 Å². The van der Waals surface area contributed by atoms with Crippen LogP contribution in [0.5, 0.6) is 0 Å². The molecule has 0 bridgehead atoms. The lowest BCUT2D eigenvalue weighted by atomic mass is 9.99. The Bertz CT molecular complexity index is 334. The number of hydrogen-bond acceptors (Lipinski definition) is 2. The molecule has 0 saturated carbocycles. The second-order valence-corrected chi connectivity index (χ2v) is 5.29. The first-order valence-corrected chi connectivity index (χ1v) is 6.93. The summed E-state index contributed by atoms with van der Waals surface area (Å²) < 4.78 is 0. The third kappa shape index (κ3) is 2.90. The molecule has 0 spiro atoms. The monoisotopic (exact) mass is 241 g/mol. The van der Waals surface area contributed by atoms with Gasteiger partial charge in [-0.3, -0.25) is 0 Å². The van der Waals surface area contributed by atoms with E-state index in [1.807, 2.05) is 0 Å². The summed E-state index contributed by atoms with van der Waals surface area (Å²) in [6, 6.07) is 6.45. The molecule has 1 saturated heterocycles. The molecular weight excluding hydrogens is 226 g/mol. The fraction of sp³-hybridized carbons (Fsp3) is 0.500. The van der Waals surface area contributed by atoms with Gasteiger partial charge in [-0.15, -0.1) is 11.8 Å². The molecule has 1 unspecified atom stereocenters. The molecule has 3 heteroatoms. The van der Waals surface area contributed by atoms with E-state index in [-0.39, 0.29) is 0 Å². The minimum absolute atomic E-state index is 0.793. The molecule has 1 heterocycles. The highest BCUT2D eigenvalue weighted by molar-refractivity contribution is 7.98. The van der Waals surface area contributed by atoms with Crippen molar-refractivity contribution < 1.29 is 0 Å². The summed E-state index contributed by atoms with van der Waals surface area (Å²) in [7, 11) is 0. The van der Waals surface area contributed by atoms with E-state index in [1.54, 1.807) is 11.8 Å². The van der Waals surface area contributed by atoms with E-state index in [9.17, 15) is 0 Å². The minimum atomic E-state index is 0.793. The summed E-state index contributed by atoms with van der Waals surface area (Å²) >= 11 is 7.88. The molecule has 0 aliphatic carbocycles. The number of hydrogen-bond donors (Lipinski definition) is 1. The average molecular weight is 242 g/mol. The number of halogens is 1. The Hall–Kier alpha value is -0.180. The lowest BCUT2D eigenvalue weighted by Gasteiger charge is -2.09. The van der Waals surface area contributed by atoms with Crippen LogP contribution in [0.15, 0.2) is 23.1 Å². The van der Waals surface area contributed by atoms with Crippen LogP contribution in [0.25, 0.3) is 0 Å². The zero-order chi connectivity index (χ0) is 10.7. The van der Waals surface area contributed by atoms with Crippen molar-refractivity contribution in [1.29, 1.82) is 0 Å². The molecule has 82 valence electrons. The zero-order valence-electron chi connectivity index (χ0n) is 8.92. The number of benzene rings is 1. The normalized spacial score (nSPS) is 20.8. The van der Waals surface area contributed by atoms with E-state index in [0.717, 1.165) is 23.9 Å². The van der Waals surface area contributed by atoms with Crippen molar-refractivity contribution in [2.45, 2.75) is 17.7 Å². The first kappa shape index (κ1) is 11.3. The molecule has 1 aromatic carbocycles. The van der Waals surface area contributed by atoms with Crippen LogP contribution in [0.3, 0.4) is 0 Å². The smallest absolute Gasteiger partial charge is 0.0544 e. The Morgan fingerprint density at radius 3 is 3.00 bits per heavy atom. The molecule has 2 rings (SSSR count). The molecular formula is C12H16ClNS. The summed E-state index contributed by atoms with van der Waals surface area (Å²) in [4.78, 5) is 1.17. The van der Waals surface area contributed by atoms with Gasteiger partial charge >= 0.3 is 0 Å². The van der Waals surface area contributed by atoms with Gasteiger partial charge in [-0.1, -0.05) is 17.7 Å². The van der Waals surface area contributed by atoms with Gasteiger partial charge in [0.25, 0.3) is 0 Å². The van der Waals surface area contributed by atoms with Crippen molar-refractivity contribution in [3.63, 3.8) is 0 Å². The molecule has 1 atom stereocenters. The molecule has 15 heavy (non-hydrogen) atoms. The number of nitrogens with one attached hydrogen (secondary N) is 1. The van der Waals surface area contributed by atoms with Gasteiger partial charge in [0.15, 0.2) is 0 Å². The summed E-state index contributed by atoms with van der Waals surface area (Å²) in [6.07, 6.45) is 4.51. The summed E-state index contributed by atoms with van der Waals surface area (Å²) in [6.45, 7) is 2.32. The van der Waals surface area contributed by atoms with E-state index in [2.05, 4.69) is 29.8 Å². The van der Waals surface area contributed by atoms with Crippen LogP contribution in [-0.2, 0) is 6.42 Å². The molecule has 1 aromatic rings. The minimum Gasteiger partial charge on any atom is -0.316 e. The van der Waals surface area contributed by atoms with E-state index in [1.165, 1.54) is 23.4 Å². The molecule has 1 fully saturated rings. The zero-order valence-corrected chi connectivity index (χ0v) is 10.5. The number of rotatable bonds is 3. The van der Waals surface area contributed by atoms with E-state index < -0.39 is 0 Å². The van der Waals surface area contributed by atoms with Crippen LogP contribution in [0.1, 0.15) is 12.0 Å². The quantitative estimate of drug-likeness (QED) is 0.816. The van der Waals surface area contributed by atoms with E-state index in [0.29, 0.717) is 0 Å². The number of thioether (sulfide) groups is 1.